The van der Waals surface area contributed by atoms with Crippen molar-refractivity contribution in [3.05, 3.63) is 0 Å². The highest BCUT2D eigenvalue weighted by atomic mass is 16.5. The summed E-state index contributed by atoms with van der Waals surface area (Å²) in [5.74, 6) is 1.21. The van der Waals surface area contributed by atoms with Crippen molar-refractivity contribution in [2.24, 2.45) is 11.8 Å². The molecule has 0 spiro atoms. The average molecular weight is 142 g/mol. The van der Waals surface area contributed by atoms with Crippen LogP contribution in [0.2, 0.25) is 0 Å². The van der Waals surface area contributed by atoms with Crippen LogP contribution in [0.25, 0.3) is 0 Å². The fraction of sp³-hybridized carbons (Fsp3) is 1.00. The number of hydrogen-bond donors (Lipinski definition) is 1. The van der Waals surface area contributed by atoms with Crippen molar-refractivity contribution >= 4 is 0 Å². The smallest absolute Gasteiger partial charge is 0.0626 e. The summed E-state index contributed by atoms with van der Waals surface area (Å²) in [4.78, 5) is 0. The zero-order valence-electron chi connectivity index (χ0n) is 6.29. The Balaban J connectivity index is 2.06. The Morgan fingerprint density at radius 3 is 2.50 bits per heavy atom. The van der Waals surface area contributed by atoms with E-state index in [1.54, 1.807) is 7.11 Å². The van der Waals surface area contributed by atoms with Crippen molar-refractivity contribution in [1.82, 2.24) is 0 Å². The van der Waals surface area contributed by atoms with E-state index in [9.17, 15) is 5.11 Å². The molecule has 0 saturated heterocycles. The van der Waals surface area contributed by atoms with Crippen LogP contribution in [0.3, 0.4) is 0 Å². The number of ether oxygens (including phenoxy) is 1. The van der Waals surface area contributed by atoms with Crippen LogP contribution in [0.15, 0.2) is 0 Å². The van der Waals surface area contributed by atoms with E-state index in [-0.39, 0.29) is 6.10 Å². The van der Waals surface area contributed by atoms with Crippen LogP contribution in [0.5, 0.6) is 0 Å². The van der Waals surface area contributed by atoms with Gasteiger partial charge in [0, 0.05) is 13.0 Å². The quantitative estimate of drug-likeness (QED) is 0.586. The van der Waals surface area contributed by atoms with E-state index in [0.717, 1.165) is 12.3 Å². The third-order valence-electron chi connectivity index (χ3n) is 3.02. The summed E-state index contributed by atoms with van der Waals surface area (Å²) >= 11 is 0. The lowest BCUT2D eigenvalue weighted by Crippen LogP contribution is -2.29. The van der Waals surface area contributed by atoms with Gasteiger partial charge in [-0.15, -0.1) is 0 Å². The van der Waals surface area contributed by atoms with Crippen molar-refractivity contribution in [1.29, 1.82) is 0 Å². The maximum absolute atomic E-state index is 9.44. The molecule has 4 atom stereocenters. The molecule has 0 amide bonds. The molecule has 2 bridgehead atoms. The van der Waals surface area contributed by atoms with E-state index in [1.165, 1.54) is 12.8 Å². The van der Waals surface area contributed by atoms with Crippen molar-refractivity contribution in [3.63, 3.8) is 0 Å². The normalized spacial score (nSPS) is 52.2. The number of aliphatic hydroxyl groups is 1. The molecule has 0 aromatic rings. The first-order valence-electron chi connectivity index (χ1n) is 4.02. The molecule has 0 radical (unpaired) electrons. The van der Waals surface area contributed by atoms with Gasteiger partial charge in [0.15, 0.2) is 0 Å². The highest BCUT2D eigenvalue weighted by molar-refractivity contribution is 4.96. The number of methoxy groups -OCH3 is 1. The molecule has 0 heterocycles. The minimum absolute atomic E-state index is 0.0660. The predicted molar refractivity (Wildman–Crippen MR) is 37.6 cm³/mol. The van der Waals surface area contributed by atoms with Crippen LogP contribution in [0.4, 0.5) is 0 Å². The standard InChI is InChI=1S/C8H14O2/c1-10-8-4-5-2-6(8)7(9)3-5/h5-9H,2-4H2,1H3/t5-,6+,7-,8+/m0/s1. The number of fused-ring (bicyclic) bond motifs is 2. The highest BCUT2D eigenvalue weighted by Gasteiger charge is 2.45. The SMILES string of the molecule is CO[C@@H]1C[C@H]2C[C@@H]1[C@@H](O)C2. The Hall–Kier alpha value is -0.0800. The molecule has 2 rings (SSSR count). The molecule has 0 aliphatic heterocycles. The number of rotatable bonds is 1. The fourth-order valence-electron chi connectivity index (χ4n) is 2.52. The van der Waals surface area contributed by atoms with Crippen molar-refractivity contribution in [2.75, 3.05) is 7.11 Å². The van der Waals surface area contributed by atoms with Gasteiger partial charge in [-0.1, -0.05) is 0 Å². The Morgan fingerprint density at radius 1 is 1.30 bits per heavy atom. The van der Waals surface area contributed by atoms with Gasteiger partial charge in [-0.3, -0.25) is 0 Å². The summed E-state index contributed by atoms with van der Waals surface area (Å²) in [5.41, 5.74) is 0. The van der Waals surface area contributed by atoms with Gasteiger partial charge in [-0.25, -0.2) is 0 Å². The summed E-state index contributed by atoms with van der Waals surface area (Å²) in [6, 6.07) is 0. The molecule has 2 nitrogen and oxygen atoms in total. The lowest BCUT2D eigenvalue weighted by Gasteiger charge is -2.24. The molecule has 10 heavy (non-hydrogen) atoms. The van der Waals surface area contributed by atoms with E-state index in [2.05, 4.69) is 0 Å². The lowest BCUT2D eigenvalue weighted by atomic mass is 9.95. The maximum atomic E-state index is 9.44. The Kier molecular flexibility index (Phi) is 1.46. The third kappa shape index (κ3) is 0.789. The van der Waals surface area contributed by atoms with Crippen molar-refractivity contribution < 1.29 is 9.84 Å². The molecule has 2 aliphatic rings. The van der Waals surface area contributed by atoms with Gasteiger partial charge >= 0.3 is 0 Å². The van der Waals surface area contributed by atoms with E-state index in [0.29, 0.717) is 12.0 Å². The van der Waals surface area contributed by atoms with Gasteiger partial charge in [0.05, 0.1) is 12.2 Å². The molecular formula is C8H14O2. The molecule has 0 aromatic carbocycles. The third-order valence-corrected chi connectivity index (χ3v) is 3.02. The largest absolute Gasteiger partial charge is 0.393 e. The average Bonchev–Trinajstić information content (AvgIpc) is 2.44. The molecule has 58 valence electrons. The first-order valence-corrected chi connectivity index (χ1v) is 4.02. The van der Waals surface area contributed by atoms with Crippen molar-refractivity contribution in [2.45, 2.75) is 31.5 Å². The van der Waals surface area contributed by atoms with Gasteiger partial charge in [0.2, 0.25) is 0 Å². The second-order valence-corrected chi connectivity index (χ2v) is 3.58. The monoisotopic (exact) mass is 142 g/mol. The second-order valence-electron chi connectivity index (χ2n) is 3.58. The second kappa shape index (κ2) is 2.21. The van der Waals surface area contributed by atoms with Gasteiger partial charge in [-0.05, 0) is 25.2 Å². The zero-order chi connectivity index (χ0) is 7.14. The van der Waals surface area contributed by atoms with E-state index in [4.69, 9.17) is 4.74 Å². The summed E-state index contributed by atoms with van der Waals surface area (Å²) in [6.45, 7) is 0. The molecule has 2 heteroatoms. The molecule has 2 fully saturated rings. The van der Waals surface area contributed by atoms with Crippen LogP contribution in [0.1, 0.15) is 19.3 Å². The maximum Gasteiger partial charge on any atom is 0.0626 e. The minimum Gasteiger partial charge on any atom is -0.393 e. The number of aliphatic hydroxyl groups excluding tert-OH is 1. The lowest BCUT2D eigenvalue weighted by molar-refractivity contribution is -0.00708. The number of hydrogen-bond acceptors (Lipinski definition) is 2. The van der Waals surface area contributed by atoms with Gasteiger partial charge in [0.25, 0.3) is 0 Å². The summed E-state index contributed by atoms with van der Waals surface area (Å²) in [5, 5.41) is 9.44. The Morgan fingerprint density at radius 2 is 2.10 bits per heavy atom. The van der Waals surface area contributed by atoms with E-state index >= 15 is 0 Å². The van der Waals surface area contributed by atoms with E-state index < -0.39 is 0 Å². The molecule has 0 unspecified atom stereocenters. The molecule has 2 aliphatic carbocycles. The Labute approximate surface area is 61.2 Å². The first kappa shape index (κ1) is 6.62. The fourth-order valence-corrected chi connectivity index (χ4v) is 2.52. The first-order chi connectivity index (χ1) is 4.81. The van der Waals surface area contributed by atoms with Crippen LogP contribution < -0.4 is 0 Å². The topological polar surface area (TPSA) is 29.5 Å². The van der Waals surface area contributed by atoms with Crippen molar-refractivity contribution in [3.8, 4) is 0 Å². The molecule has 1 N–H and O–H groups in total. The molecule has 0 aromatic heterocycles. The van der Waals surface area contributed by atoms with E-state index in [1.807, 2.05) is 0 Å². The van der Waals surface area contributed by atoms with Crippen LogP contribution in [-0.2, 0) is 4.74 Å². The minimum atomic E-state index is -0.0660. The Bertz CT molecular complexity index is 133. The zero-order valence-corrected chi connectivity index (χ0v) is 6.29. The highest BCUT2D eigenvalue weighted by Crippen LogP contribution is 2.45. The van der Waals surface area contributed by atoms with Gasteiger partial charge in [0.1, 0.15) is 0 Å². The van der Waals surface area contributed by atoms with Crippen LogP contribution >= 0.6 is 0 Å². The predicted octanol–water partition coefficient (Wildman–Crippen LogP) is 0.792. The van der Waals surface area contributed by atoms with Gasteiger partial charge < -0.3 is 9.84 Å². The van der Waals surface area contributed by atoms with Gasteiger partial charge in [-0.2, -0.15) is 0 Å². The summed E-state index contributed by atoms with van der Waals surface area (Å²) in [6.07, 6.45) is 3.68. The summed E-state index contributed by atoms with van der Waals surface area (Å²) < 4.78 is 5.26. The van der Waals surface area contributed by atoms with Crippen LogP contribution in [0, 0.1) is 11.8 Å². The molecule has 2 saturated carbocycles. The molecular weight excluding hydrogens is 128 g/mol. The van der Waals surface area contributed by atoms with Crippen LogP contribution in [-0.4, -0.2) is 24.4 Å². The summed E-state index contributed by atoms with van der Waals surface area (Å²) in [7, 11) is 1.75.